The van der Waals surface area contributed by atoms with Gasteiger partial charge in [0.25, 0.3) is 0 Å². The number of aryl methyl sites for hydroxylation is 2. The molecule has 1 N–H and O–H groups in total. The quantitative estimate of drug-likeness (QED) is 0.361. The van der Waals surface area contributed by atoms with E-state index in [1.165, 1.54) is 0 Å². The van der Waals surface area contributed by atoms with Gasteiger partial charge in [-0.05, 0) is 107 Å². The summed E-state index contributed by atoms with van der Waals surface area (Å²) >= 11 is 0. The molecule has 0 radical (unpaired) electrons. The fourth-order valence-corrected chi connectivity index (χ4v) is 5.48. The molecule has 2 aromatic heterocycles. The molecule has 0 bridgehead atoms. The molecule has 1 saturated heterocycles. The highest BCUT2D eigenvalue weighted by molar-refractivity contribution is 5.79. The lowest BCUT2D eigenvalue weighted by Crippen LogP contribution is -2.54. The number of nitrogens with one attached hydrogen (secondary N) is 1. The van der Waals surface area contributed by atoms with Crippen LogP contribution < -0.4 is 5.32 Å². The van der Waals surface area contributed by atoms with Crippen molar-refractivity contribution in [3.8, 4) is 0 Å². The van der Waals surface area contributed by atoms with Crippen LogP contribution in [-0.2, 0) is 32.6 Å². The number of nitrogens with zero attached hydrogens (tertiary/aromatic N) is 4. The van der Waals surface area contributed by atoms with Gasteiger partial charge in [0.05, 0.1) is 11.0 Å². The average Bonchev–Trinajstić information content (AvgIpc) is 3.19. The Bertz CT molecular complexity index is 1300. The van der Waals surface area contributed by atoms with E-state index in [0.29, 0.717) is 42.9 Å². The molecule has 1 fully saturated rings. The zero-order chi connectivity index (χ0) is 31.8. The van der Waals surface area contributed by atoms with Crippen LogP contribution in [0.5, 0.6) is 0 Å². The molecule has 2 aromatic rings. The molecule has 9 nitrogen and oxygen atoms in total. The normalized spacial score (nSPS) is 19.9. The lowest BCUT2D eigenvalue weighted by atomic mass is 9.72. The summed E-state index contributed by atoms with van der Waals surface area (Å²) in [7, 11) is 0. The molecular weight excluding hydrogens is 537 g/mol. The van der Waals surface area contributed by atoms with E-state index in [4.69, 9.17) is 9.47 Å². The molecule has 1 aliphatic heterocycles. The van der Waals surface area contributed by atoms with E-state index >= 15 is 4.39 Å². The van der Waals surface area contributed by atoms with Gasteiger partial charge in [-0.2, -0.15) is 5.10 Å². The van der Waals surface area contributed by atoms with Crippen LogP contribution in [0.3, 0.4) is 0 Å². The van der Waals surface area contributed by atoms with Crippen LogP contribution in [0.25, 0.3) is 0 Å². The predicted octanol–water partition coefficient (Wildman–Crippen LogP) is 7.08. The maximum atomic E-state index is 15.6. The maximum Gasteiger partial charge on any atom is 0.410 e. The van der Waals surface area contributed by atoms with Gasteiger partial charge in [-0.1, -0.05) is 6.92 Å². The van der Waals surface area contributed by atoms with Crippen molar-refractivity contribution in [3.05, 3.63) is 34.9 Å². The monoisotopic (exact) mass is 587 g/mol. The van der Waals surface area contributed by atoms with E-state index in [-0.39, 0.29) is 29.8 Å². The van der Waals surface area contributed by atoms with Crippen LogP contribution in [0.4, 0.5) is 20.8 Å². The number of esters is 1. The number of likely N-dealkylation sites (tertiary alicyclic amines) is 1. The van der Waals surface area contributed by atoms with E-state index in [9.17, 15) is 9.59 Å². The van der Waals surface area contributed by atoms with Crippen molar-refractivity contribution in [1.82, 2.24) is 19.7 Å². The third-order valence-corrected chi connectivity index (χ3v) is 7.27. The Morgan fingerprint density at radius 1 is 1.07 bits per heavy atom. The topological polar surface area (TPSA) is 98.6 Å². The zero-order valence-electron chi connectivity index (χ0n) is 27.6. The van der Waals surface area contributed by atoms with Crippen molar-refractivity contribution >= 4 is 23.7 Å². The van der Waals surface area contributed by atoms with Gasteiger partial charge in [-0.3, -0.25) is 9.48 Å². The first kappa shape index (κ1) is 33.3. The van der Waals surface area contributed by atoms with Crippen molar-refractivity contribution in [2.75, 3.05) is 11.9 Å². The summed E-state index contributed by atoms with van der Waals surface area (Å²) in [5.41, 5.74) is -0.515. The molecule has 2 atom stereocenters. The first-order valence-electron chi connectivity index (χ1n) is 14.9. The summed E-state index contributed by atoms with van der Waals surface area (Å²) in [5, 5.41) is 7.72. The molecule has 10 heteroatoms. The predicted molar refractivity (Wildman–Crippen MR) is 162 cm³/mol. The van der Waals surface area contributed by atoms with Crippen molar-refractivity contribution in [1.29, 1.82) is 0 Å². The molecular formula is C32H50FN5O4. The molecule has 3 rings (SSSR count). The van der Waals surface area contributed by atoms with Crippen LogP contribution >= 0.6 is 0 Å². The summed E-state index contributed by atoms with van der Waals surface area (Å²) in [5.74, 6) is -0.219. The third kappa shape index (κ3) is 8.01. The third-order valence-electron chi connectivity index (χ3n) is 7.27. The Morgan fingerprint density at radius 3 is 2.19 bits per heavy atom. The van der Waals surface area contributed by atoms with E-state index in [2.05, 4.69) is 36.2 Å². The lowest BCUT2D eigenvalue weighted by Gasteiger charge is -2.44. The average molecular weight is 588 g/mol. The first-order chi connectivity index (χ1) is 19.1. The molecule has 1 amide bonds. The maximum absolute atomic E-state index is 15.6. The van der Waals surface area contributed by atoms with Crippen molar-refractivity contribution < 1.29 is 23.5 Å². The number of ether oxygens (including phenoxy) is 2. The lowest BCUT2D eigenvalue weighted by molar-refractivity contribution is -0.172. The highest BCUT2D eigenvalue weighted by Gasteiger charge is 2.48. The van der Waals surface area contributed by atoms with Crippen molar-refractivity contribution in [2.45, 2.75) is 132 Å². The van der Waals surface area contributed by atoms with Crippen LogP contribution in [-0.4, -0.2) is 55.5 Å². The van der Waals surface area contributed by atoms with Crippen LogP contribution in [0.1, 0.15) is 106 Å². The van der Waals surface area contributed by atoms with Crippen LogP contribution in [0.2, 0.25) is 0 Å². The smallest absolute Gasteiger partial charge is 0.410 e. The number of halogens is 1. The Kier molecular flexibility index (Phi) is 9.40. The van der Waals surface area contributed by atoms with Gasteiger partial charge >= 0.3 is 12.1 Å². The molecule has 42 heavy (non-hydrogen) atoms. The Labute approximate surface area is 250 Å². The van der Waals surface area contributed by atoms with Gasteiger partial charge in [0.1, 0.15) is 11.2 Å². The molecule has 0 spiro atoms. The summed E-state index contributed by atoms with van der Waals surface area (Å²) in [6.07, 6.45) is 1.01. The molecule has 234 valence electrons. The van der Waals surface area contributed by atoms with E-state index in [0.717, 1.165) is 5.69 Å². The number of piperidine rings is 1. The number of carbonyl (C=O) groups is 2. The molecule has 0 aliphatic carbocycles. The fraction of sp³-hybridized carbons (Fsp3) is 0.688. The zero-order valence-corrected chi connectivity index (χ0v) is 27.6. The summed E-state index contributed by atoms with van der Waals surface area (Å²) in [4.78, 5) is 33.1. The molecule has 1 aliphatic rings. The Balaban J connectivity index is 1.99. The highest BCUT2D eigenvalue weighted by atomic mass is 19.1. The van der Waals surface area contributed by atoms with Gasteiger partial charge in [0.2, 0.25) is 0 Å². The molecule has 3 heterocycles. The second kappa shape index (κ2) is 11.8. The minimum Gasteiger partial charge on any atom is -0.460 e. The summed E-state index contributed by atoms with van der Waals surface area (Å²) in [6, 6.07) is 3.31. The fourth-order valence-electron chi connectivity index (χ4n) is 5.48. The second-order valence-corrected chi connectivity index (χ2v) is 14.6. The number of rotatable bonds is 6. The van der Waals surface area contributed by atoms with Crippen LogP contribution in [0, 0.1) is 18.2 Å². The van der Waals surface area contributed by atoms with E-state index < -0.39 is 28.5 Å². The number of aromatic nitrogens is 3. The molecule has 0 unspecified atom stereocenters. The number of pyridine rings is 1. The number of amides is 1. The van der Waals surface area contributed by atoms with Gasteiger partial charge in [0, 0.05) is 36.5 Å². The molecule has 0 saturated carbocycles. The van der Waals surface area contributed by atoms with E-state index in [1.807, 2.05) is 73.1 Å². The summed E-state index contributed by atoms with van der Waals surface area (Å²) in [6.45, 7) is 23.2. The molecule has 0 aromatic carbocycles. The van der Waals surface area contributed by atoms with Gasteiger partial charge in [-0.25, -0.2) is 14.2 Å². The van der Waals surface area contributed by atoms with Crippen LogP contribution in [0.15, 0.2) is 12.1 Å². The minimum atomic E-state index is -0.956. The Morgan fingerprint density at radius 2 is 1.69 bits per heavy atom. The van der Waals surface area contributed by atoms with E-state index in [1.54, 1.807) is 11.0 Å². The SMILES string of the molecule is CCc1cc(C[C@@]2(C(=O)OC(C)(C)C)CCN(C(=O)OC(C)(C)C)[C@H](C)C2)nc(Nc2cc(C)n(C(C)(C)C)n2)c1F. The van der Waals surface area contributed by atoms with Gasteiger partial charge in [0.15, 0.2) is 17.5 Å². The number of hydrogen-bond acceptors (Lipinski definition) is 7. The van der Waals surface area contributed by atoms with Gasteiger partial charge in [-0.15, -0.1) is 0 Å². The Hall–Kier alpha value is -3.17. The largest absolute Gasteiger partial charge is 0.460 e. The van der Waals surface area contributed by atoms with Gasteiger partial charge < -0.3 is 19.7 Å². The van der Waals surface area contributed by atoms with Crippen molar-refractivity contribution in [3.63, 3.8) is 0 Å². The van der Waals surface area contributed by atoms with Crippen molar-refractivity contribution in [2.24, 2.45) is 5.41 Å². The standard InChI is InChI=1S/C32H50FN5O4/c1-13-22-17-23(34-26(25(22)33)35-24-16-20(2)38(36-24)29(4,5)6)19-32(27(39)41-30(7,8)9)14-15-37(21(3)18-32)28(40)42-31(10,11)12/h16-17,21H,13-15,18-19H2,1-12H3,(H,34,35,36)/t21-,32-/m1/s1. The minimum absolute atomic E-state index is 0.0708. The number of carbonyl (C=O) groups excluding carboxylic acids is 2. The number of anilines is 2. The first-order valence-corrected chi connectivity index (χ1v) is 14.9. The highest BCUT2D eigenvalue weighted by Crippen LogP contribution is 2.41. The summed E-state index contributed by atoms with van der Waals surface area (Å²) < 4.78 is 29.0. The number of hydrogen-bond donors (Lipinski definition) is 1. The second-order valence-electron chi connectivity index (χ2n) is 14.6.